The number of hydrogen-bond acceptors (Lipinski definition) is 3. The molecule has 0 saturated carbocycles. The lowest BCUT2D eigenvalue weighted by Crippen LogP contribution is -2.52. The normalized spacial score (nSPS) is 12.9. The molecule has 3 aromatic rings. The number of carbonyl (C=O) groups is 2. The summed E-state index contributed by atoms with van der Waals surface area (Å²) in [5.41, 5.74) is 0.917. The number of carboxylic acid groups (broad SMARTS) is 1. The van der Waals surface area contributed by atoms with E-state index in [1.54, 1.807) is 6.92 Å². The number of carbonyl (C=O) groups excluding carboxylic acids is 1. The van der Waals surface area contributed by atoms with Gasteiger partial charge < -0.3 is 10.4 Å². The van der Waals surface area contributed by atoms with E-state index in [4.69, 9.17) is 5.26 Å². The van der Waals surface area contributed by atoms with Crippen molar-refractivity contribution in [3.8, 4) is 6.07 Å². The fraction of sp³-hybridized carbons (Fsp3) is 0.192. The van der Waals surface area contributed by atoms with E-state index in [2.05, 4.69) is 5.32 Å². The van der Waals surface area contributed by atoms with Crippen LogP contribution in [-0.4, -0.2) is 23.0 Å². The molecule has 5 nitrogen and oxygen atoms in total. The van der Waals surface area contributed by atoms with Crippen LogP contribution in [0.1, 0.15) is 30.0 Å². The first-order valence-electron chi connectivity index (χ1n) is 10.1. The second kappa shape index (κ2) is 9.73. The minimum Gasteiger partial charge on any atom is -0.480 e. The van der Waals surface area contributed by atoms with Crippen molar-refractivity contribution in [2.75, 3.05) is 0 Å². The van der Waals surface area contributed by atoms with Gasteiger partial charge in [0.15, 0.2) is 0 Å². The van der Waals surface area contributed by atoms with Crippen molar-refractivity contribution in [3.05, 3.63) is 108 Å². The maximum Gasteiger partial charge on any atom is 0.326 e. The Bertz CT molecular complexity index is 963. The molecule has 0 aliphatic rings. The van der Waals surface area contributed by atoms with E-state index in [0.717, 1.165) is 16.7 Å². The third kappa shape index (κ3) is 4.49. The van der Waals surface area contributed by atoms with Gasteiger partial charge in [-0.25, -0.2) is 4.79 Å². The summed E-state index contributed by atoms with van der Waals surface area (Å²) in [6.07, 6.45) is 0.0199. The molecular weight excluding hydrogens is 388 g/mol. The van der Waals surface area contributed by atoms with Crippen LogP contribution in [0.3, 0.4) is 0 Å². The van der Waals surface area contributed by atoms with Crippen LogP contribution in [0.5, 0.6) is 0 Å². The minimum absolute atomic E-state index is 0.0199. The van der Waals surface area contributed by atoms with Crippen LogP contribution >= 0.6 is 0 Å². The minimum atomic E-state index is -1.26. The number of nitriles is 1. The van der Waals surface area contributed by atoms with Gasteiger partial charge in [-0.1, -0.05) is 91.0 Å². The highest BCUT2D eigenvalue weighted by molar-refractivity contribution is 5.98. The molecule has 0 bridgehead atoms. The van der Waals surface area contributed by atoms with Crippen LogP contribution in [0, 0.1) is 17.2 Å². The Morgan fingerprint density at radius 3 is 1.58 bits per heavy atom. The first-order chi connectivity index (χ1) is 15.0. The van der Waals surface area contributed by atoms with E-state index in [-0.39, 0.29) is 6.42 Å². The maximum absolute atomic E-state index is 14.0. The van der Waals surface area contributed by atoms with Crippen molar-refractivity contribution in [1.29, 1.82) is 5.26 Å². The number of carboxylic acids is 1. The molecule has 2 N–H and O–H groups in total. The number of rotatable bonds is 8. The quantitative estimate of drug-likeness (QED) is 0.544. The molecule has 1 amide bonds. The summed E-state index contributed by atoms with van der Waals surface area (Å²) < 4.78 is 0. The number of aliphatic carboxylic acids is 1. The zero-order valence-corrected chi connectivity index (χ0v) is 17.2. The third-order valence-electron chi connectivity index (χ3n) is 5.37. The van der Waals surface area contributed by atoms with Crippen LogP contribution < -0.4 is 5.32 Å². The molecule has 3 aromatic carbocycles. The number of hydrogen-bond donors (Lipinski definition) is 2. The van der Waals surface area contributed by atoms with Gasteiger partial charge in [0.2, 0.25) is 5.91 Å². The van der Waals surface area contributed by atoms with Gasteiger partial charge in [0, 0.05) is 5.92 Å². The van der Waals surface area contributed by atoms with E-state index in [1.807, 2.05) is 97.1 Å². The topological polar surface area (TPSA) is 90.2 Å². The van der Waals surface area contributed by atoms with E-state index in [0.29, 0.717) is 0 Å². The highest BCUT2D eigenvalue weighted by Gasteiger charge is 2.45. The van der Waals surface area contributed by atoms with Gasteiger partial charge >= 0.3 is 5.97 Å². The Morgan fingerprint density at radius 2 is 1.26 bits per heavy atom. The molecule has 0 aromatic heterocycles. The molecule has 0 aliphatic heterocycles. The van der Waals surface area contributed by atoms with Crippen molar-refractivity contribution in [3.63, 3.8) is 0 Å². The van der Waals surface area contributed by atoms with Crippen LogP contribution in [-0.2, 0) is 15.0 Å². The monoisotopic (exact) mass is 412 g/mol. The van der Waals surface area contributed by atoms with Gasteiger partial charge in [0.05, 0.1) is 6.07 Å². The molecule has 0 unspecified atom stereocenters. The second-order valence-electron chi connectivity index (χ2n) is 7.48. The molecular formula is C26H24N2O3. The molecule has 2 atom stereocenters. The van der Waals surface area contributed by atoms with Gasteiger partial charge in [-0.15, -0.1) is 0 Å². The standard InChI is InChI=1S/C26H24N2O3/c1-19(18-27)17-23(24(29)30)28-25(31)26(20-11-5-2-6-12-20,21-13-7-3-8-14-21)22-15-9-4-10-16-22/h2-16,19,23H,17H2,1H3,(H,28,31)(H,29,30)/t19-,23-/m0/s1. The van der Waals surface area contributed by atoms with Gasteiger partial charge in [-0.2, -0.15) is 5.26 Å². The molecule has 0 aliphatic carbocycles. The SMILES string of the molecule is C[C@H](C#N)C[C@H](NC(=O)C(c1ccccc1)(c1ccccc1)c1ccccc1)C(=O)O. The molecule has 0 spiro atoms. The molecule has 0 fully saturated rings. The number of nitrogens with one attached hydrogen (secondary N) is 1. The Balaban J connectivity index is 2.21. The smallest absolute Gasteiger partial charge is 0.326 e. The molecule has 0 heterocycles. The number of nitrogens with zero attached hydrogens (tertiary/aromatic N) is 1. The fourth-order valence-electron chi connectivity index (χ4n) is 3.85. The van der Waals surface area contributed by atoms with Gasteiger partial charge in [-0.05, 0) is 30.0 Å². The van der Waals surface area contributed by atoms with E-state index in [9.17, 15) is 14.7 Å². The largest absolute Gasteiger partial charge is 0.480 e. The summed E-state index contributed by atoms with van der Waals surface area (Å²) in [5.74, 6) is -2.13. The van der Waals surface area contributed by atoms with Crippen LogP contribution in [0.15, 0.2) is 91.0 Å². The summed E-state index contributed by atoms with van der Waals surface area (Å²) in [4.78, 5) is 25.9. The summed E-state index contributed by atoms with van der Waals surface area (Å²) in [5, 5.41) is 21.6. The molecule has 5 heteroatoms. The van der Waals surface area contributed by atoms with Crippen molar-refractivity contribution in [2.45, 2.75) is 24.8 Å². The predicted molar refractivity (Wildman–Crippen MR) is 118 cm³/mol. The molecule has 156 valence electrons. The Labute approximate surface area is 182 Å². The summed E-state index contributed by atoms with van der Waals surface area (Å²) in [6.45, 7) is 1.64. The lowest BCUT2D eigenvalue weighted by molar-refractivity contribution is -0.142. The Morgan fingerprint density at radius 1 is 0.871 bits per heavy atom. The van der Waals surface area contributed by atoms with Gasteiger partial charge in [0.1, 0.15) is 11.5 Å². The van der Waals surface area contributed by atoms with Crippen molar-refractivity contribution in [2.24, 2.45) is 5.92 Å². The van der Waals surface area contributed by atoms with Crippen LogP contribution in [0.2, 0.25) is 0 Å². The van der Waals surface area contributed by atoms with Crippen LogP contribution in [0.4, 0.5) is 0 Å². The van der Waals surface area contributed by atoms with E-state index >= 15 is 0 Å². The maximum atomic E-state index is 14.0. The highest BCUT2D eigenvalue weighted by atomic mass is 16.4. The van der Waals surface area contributed by atoms with Crippen molar-refractivity contribution < 1.29 is 14.7 Å². The Hall–Kier alpha value is -3.91. The zero-order chi connectivity index (χ0) is 22.3. The van der Waals surface area contributed by atoms with E-state index < -0.39 is 29.3 Å². The number of amides is 1. The average Bonchev–Trinajstić information content (AvgIpc) is 2.81. The zero-order valence-electron chi connectivity index (χ0n) is 17.2. The number of benzene rings is 3. The second-order valence-corrected chi connectivity index (χ2v) is 7.48. The Kier molecular flexibility index (Phi) is 6.84. The third-order valence-corrected chi connectivity index (χ3v) is 5.37. The molecule has 0 radical (unpaired) electrons. The van der Waals surface area contributed by atoms with Crippen molar-refractivity contribution in [1.82, 2.24) is 5.32 Å². The predicted octanol–water partition coefficient (Wildman–Crippen LogP) is 4.14. The summed E-state index contributed by atoms with van der Waals surface area (Å²) >= 11 is 0. The summed E-state index contributed by atoms with van der Waals surface area (Å²) in [6, 6.07) is 28.8. The van der Waals surface area contributed by atoms with Crippen LogP contribution in [0.25, 0.3) is 0 Å². The molecule has 3 rings (SSSR count). The lowest BCUT2D eigenvalue weighted by atomic mass is 9.68. The van der Waals surface area contributed by atoms with E-state index in [1.165, 1.54) is 0 Å². The highest BCUT2D eigenvalue weighted by Crippen LogP contribution is 2.39. The first-order valence-corrected chi connectivity index (χ1v) is 10.1. The lowest BCUT2D eigenvalue weighted by Gasteiger charge is -2.35. The molecule has 31 heavy (non-hydrogen) atoms. The average molecular weight is 412 g/mol. The summed E-state index contributed by atoms with van der Waals surface area (Å²) in [7, 11) is 0. The molecule has 0 saturated heterocycles. The first kappa shape index (κ1) is 21.8. The van der Waals surface area contributed by atoms with Crippen molar-refractivity contribution >= 4 is 11.9 Å². The van der Waals surface area contributed by atoms with Gasteiger partial charge in [0.25, 0.3) is 0 Å². The fourth-order valence-corrected chi connectivity index (χ4v) is 3.85. The van der Waals surface area contributed by atoms with Gasteiger partial charge in [-0.3, -0.25) is 4.79 Å².